The van der Waals surface area contributed by atoms with E-state index in [-0.39, 0.29) is 0 Å². The molecule has 1 aromatic carbocycles. The average Bonchev–Trinajstić information content (AvgIpc) is 2.65. The molecule has 15 heavy (non-hydrogen) atoms. The fourth-order valence-corrected chi connectivity index (χ4v) is 1.36. The van der Waals surface area contributed by atoms with Crippen LogP contribution in [0.3, 0.4) is 0 Å². The van der Waals surface area contributed by atoms with Gasteiger partial charge in [-0.3, -0.25) is 0 Å². The monoisotopic (exact) mass is 201 g/mol. The van der Waals surface area contributed by atoms with Crippen molar-refractivity contribution in [3.05, 3.63) is 42.0 Å². The van der Waals surface area contributed by atoms with Gasteiger partial charge in [0, 0.05) is 0 Å². The fraction of sp³-hybridized carbons (Fsp3) is 0.100. The van der Waals surface area contributed by atoms with Crippen LogP contribution < -0.4 is 5.73 Å². The second kappa shape index (κ2) is 3.91. The minimum Gasteiger partial charge on any atom is -0.367 e. The molecule has 0 amide bonds. The highest BCUT2D eigenvalue weighted by Gasteiger charge is 2.04. The normalized spacial score (nSPS) is 10.1. The lowest BCUT2D eigenvalue weighted by molar-refractivity contribution is 0.654. The zero-order valence-electron chi connectivity index (χ0n) is 8.17. The lowest BCUT2D eigenvalue weighted by Gasteiger charge is -2.05. The number of rotatable bonds is 3. The summed E-state index contributed by atoms with van der Waals surface area (Å²) in [6, 6.07) is 7.91. The summed E-state index contributed by atoms with van der Waals surface area (Å²) in [5, 5.41) is 10.9. The first-order chi connectivity index (χ1) is 7.31. The van der Waals surface area contributed by atoms with Crippen LogP contribution in [0, 0.1) is 0 Å². The molecule has 0 aliphatic rings. The Bertz CT molecular complexity index is 474. The number of nitrogens with two attached hydrogens (primary N) is 1. The highest BCUT2D eigenvalue weighted by Crippen LogP contribution is 2.11. The first-order valence-corrected chi connectivity index (χ1v) is 4.53. The van der Waals surface area contributed by atoms with E-state index in [1.807, 2.05) is 24.3 Å². The van der Waals surface area contributed by atoms with E-state index in [0.29, 0.717) is 12.5 Å². The number of benzene rings is 1. The Morgan fingerprint density at radius 1 is 1.40 bits per heavy atom. The van der Waals surface area contributed by atoms with E-state index in [9.17, 15) is 0 Å². The van der Waals surface area contributed by atoms with Gasteiger partial charge in [0.15, 0.2) is 0 Å². The van der Waals surface area contributed by atoms with Crippen LogP contribution in [0.15, 0.2) is 30.8 Å². The first kappa shape index (κ1) is 9.39. The number of aromatic nitrogens is 4. The summed E-state index contributed by atoms with van der Waals surface area (Å²) in [7, 11) is 0. The van der Waals surface area contributed by atoms with Gasteiger partial charge in [-0.1, -0.05) is 42.0 Å². The van der Waals surface area contributed by atoms with Gasteiger partial charge >= 0.3 is 0 Å². The van der Waals surface area contributed by atoms with Crippen LogP contribution in [-0.4, -0.2) is 20.2 Å². The van der Waals surface area contributed by atoms with Crippen molar-refractivity contribution in [1.29, 1.82) is 0 Å². The fourth-order valence-electron chi connectivity index (χ4n) is 1.36. The Hall–Kier alpha value is -2.17. The zero-order valence-corrected chi connectivity index (χ0v) is 8.17. The molecule has 1 heterocycles. The largest absolute Gasteiger partial charge is 0.367 e. The minimum absolute atomic E-state index is 0.314. The smallest absolute Gasteiger partial charge is 0.240 e. The third kappa shape index (κ3) is 1.85. The number of tetrazole rings is 1. The van der Waals surface area contributed by atoms with E-state index >= 15 is 0 Å². The van der Waals surface area contributed by atoms with Crippen LogP contribution >= 0.6 is 0 Å². The number of hydrogen-bond donors (Lipinski definition) is 1. The maximum absolute atomic E-state index is 5.58. The minimum atomic E-state index is 0.314. The maximum atomic E-state index is 5.58. The molecule has 2 rings (SSSR count). The van der Waals surface area contributed by atoms with Gasteiger partial charge in [0.05, 0.1) is 6.54 Å². The van der Waals surface area contributed by atoms with Gasteiger partial charge in [0.2, 0.25) is 5.95 Å². The Morgan fingerprint density at radius 3 is 2.87 bits per heavy atom. The van der Waals surface area contributed by atoms with Crippen molar-refractivity contribution in [2.45, 2.75) is 6.54 Å². The lowest BCUT2D eigenvalue weighted by Crippen LogP contribution is -2.07. The van der Waals surface area contributed by atoms with E-state index in [0.717, 1.165) is 11.1 Å². The topological polar surface area (TPSA) is 69.6 Å². The molecule has 0 aliphatic heterocycles. The van der Waals surface area contributed by atoms with Crippen molar-refractivity contribution in [1.82, 2.24) is 20.2 Å². The summed E-state index contributed by atoms with van der Waals surface area (Å²) in [4.78, 5) is 0. The first-order valence-electron chi connectivity index (χ1n) is 4.53. The molecule has 1 aromatic heterocycles. The number of nitrogens with zero attached hydrogens (tertiary/aromatic N) is 4. The van der Waals surface area contributed by atoms with Gasteiger partial charge in [0.1, 0.15) is 0 Å². The van der Waals surface area contributed by atoms with Crippen molar-refractivity contribution in [2.75, 3.05) is 5.73 Å². The van der Waals surface area contributed by atoms with Crippen LogP contribution in [0.25, 0.3) is 6.08 Å². The molecule has 0 bridgehead atoms. The molecule has 0 fully saturated rings. The molecule has 0 unspecified atom stereocenters. The molecule has 2 N–H and O–H groups in total. The van der Waals surface area contributed by atoms with Crippen molar-refractivity contribution >= 4 is 12.0 Å². The highest BCUT2D eigenvalue weighted by atomic mass is 15.6. The van der Waals surface area contributed by atoms with Gasteiger partial charge in [-0.15, -0.1) is 0 Å². The van der Waals surface area contributed by atoms with Crippen molar-refractivity contribution in [3.8, 4) is 0 Å². The van der Waals surface area contributed by atoms with Crippen molar-refractivity contribution in [2.24, 2.45) is 0 Å². The molecule has 5 nitrogen and oxygen atoms in total. The Labute approximate surface area is 87.2 Å². The number of nitrogen functional groups attached to an aromatic ring is 1. The van der Waals surface area contributed by atoms with Crippen LogP contribution in [0.2, 0.25) is 0 Å². The quantitative estimate of drug-likeness (QED) is 0.802. The standard InChI is InChI=1S/C10H11N5/c1-2-8-5-3-4-6-9(8)7-15-10(11)12-13-14-15/h2-6H,1,7H2,(H2,11,12,14). The Kier molecular flexibility index (Phi) is 2.45. The zero-order chi connectivity index (χ0) is 10.7. The molecular formula is C10H11N5. The molecule has 0 spiro atoms. The summed E-state index contributed by atoms with van der Waals surface area (Å²) >= 11 is 0. The molecule has 0 atom stereocenters. The second-order valence-electron chi connectivity index (χ2n) is 3.10. The lowest BCUT2D eigenvalue weighted by atomic mass is 10.1. The van der Waals surface area contributed by atoms with Gasteiger partial charge in [-0.25, -0.2) is 4.68 Å². The van der Waals surface area contributed by atoms with Gasteiger partial charge in [-0.05, 0) is 21.6 Å². The molecule has 0 aliphatic carbocycles. The van der Waals surface area contributed by atoms with Gasteiger partial charge in [-0.2, -0.15) is 0 Å². The molecule has 76 valence electrons. The van der Waals surface area contributed by atoms with Crippen molar-refractivity contribution < 1.29 is 0 Å². The van der Waals surface area contributed by atoms with Crippen LogP contribution in [0.1, 0.15) is 11.1 Å². The molecule has 5 heteroatoms. The molecule has 2 aromatic rings. The summed E-state index contributed by atoms with van der Waals surface area (Å²) in [6.07, 6.45) is 1.80. The second-order valence-corrected chi connectivity index (χ2v) is 3.10. The van der Waals surface area contributed by atoms with Gasteiger partial charge in [0.25, 0.3) is 0 Å². The van der Waals surface area contributed by atoms with Gasteiger partial charge < -0.3 is 5.73 Å². The van der Waals surface area contributed by atoms with E-state index in [4.69, 9.17) is 5.73 Å². The predicted molar refractivity (Wildman–Crippen MR) is 57.9 cm³/mol. The van der Waals surface area contributed by atoms with E-state index in [1.165, 1.54) is 0 Å². The van der Waals surface area contributed by atoms with E-state index in [2.05, 4.69) is 22.1 Å². The predicted octanol–water partition coefficient (Wildman–Crippen LogP) is 0.947. The molecule has 0 saturated heterocycles. The van der Waals surface area contributed by atoms with Crippen LogP contribution in [0.4, 0.5) is 5.95 Å². The van der Waals surface area contributed by atoms with E-state index in [1.54, 1.807) is 10.8 Å². The summed E-state index contributed by atoms with van der Waals surface area (Å²) in [6.45, 7) is 4.31. The Balaban J connectivity index is 2.32. The summed E-state index contributed by atoms with van der Waals surface area (Å²) < 4.78 is 1.54. The maximum Gasteiger partial charge on any atom is 0.240 e. The highest BCUT2D eigenvalue weighted by molar-refractivity contribution is 5.51. The summed E-state index contributed by atoms with van der Waals surface area (Å²) in [5.74, 6) is 0.314. The van der Waals surface area contributed by atoms with Crippen molar-refractivity contribution in [3.63, 3.8) is 0 Å². The molecule has 0 radical (unpaired) electrons. The SMILES string of the molecule is C=Cc1ccccc1Cn1nnnc1N. The van der Waals surface area contributed by atoms with Crippen LogP contribution in [-0.2, 0) is 6.54 Å². The number of hydrogen-bond acceptors (Lipinski definition) is 4. The number of anilines is 1. The van der Waals surface area contributed by atoms with E-state index < -0.39 is 0 Å². The Morgan fingerprint density at radius 2 is 2.20 bits per heavy atom. The summed E-state index contributed by atoms with van der Waals surface area (Å²) in [5.41, 5.74) is 7.73. The average molecular weight is 201 g/mol. The third-order valence-corrected chi connectivity index (χ3v) is 2.15. The third-order valence-electron chi connectivity index (χ3n) is 2.15. The molecule has 0 saturated carbocycles. The van der Waals surface area contributed by atoms with Crippen LogP contribution in [0.5, 0.6) is 0 Å². The molecular weight excluding hydrogens is 190 g/mol.